The average molecular weight is 389 g/mol. The quantitative estimate of drug-likeness (QED) is 0.420. The Morgan fingerprint density at radius 3 is 2.72 bits per heavy atom. The van der Waals surface area contributed by atoms with Gasteiger partial charge in [0.15, 0.2) is 0 Å². The molecule has 1 aliphatic carbocycles. The van der Waals surface area contributed by atoms with E-state index in [4.69, 9.17) is 9.57 Å². The highest BCUT2D eigenvalue weighted by molar-refractivity contribution is 6.29. The molecule has 0 saturated carbocycles. The molecule has 0 radical (unpaired) electrons. The van der Waals surface area contributed by atoms with Gasteiger partial charge >= 0.3 is 0 Å². The molecule has 1 saturated heterocycles. The molecule has 0 amide bonds. The second-order valence-corrected chi connectivity index (χ2v) is 7.48. The molecule has 2 aliphatic rings. The van der Waals surface area contributed by atoms with Crippen molar-refractivity contribution in [1.29, 1.82) is 0 Å². The van der Waals surface area contributed by atoms with Gasteiger partial charge < -0.3 is 14.6 Å². The molecule has 2 heterocycles. The minimum absolute atomic E-state index is 0.118. The molecule has 1 N–H and O–H groups in total. The van der Waals surface area contributed by atoms with Gasteiger partial charge in [-0.25, -0.2) is 0 Å². The van der Waals surface area contributed by atoms with Crippen LogP contribution in [0.15, 0.2) is 52.4 Å². The maximum Gasteiger partial charge on any atom is 0.257 e. The number of hydrogen-bond acceptors (Lipinski definition) is 5. The summed E-state index contributed by atoms with van der Waals surface area (Å²) in [5.41, 5.74) is 4.56. The largest absolute Gasteiger partial charge is 0.497 e. The van der Waals surface area contributed by atoms with Gasteiger partial charge in [0.1, 0.15) is 18.1 Å². The number of H-pyrrole nitrogens is 1. The summed E-state index contributed by atoms with van der Waals surface area (Å²) >= 11 is 0. The first-order valence-electron chi connectivity index (χ1n) is 10.0. The second-order valence-electron chi connectivity index (χ2n) is 7.48. The van der Waals surface area contributed by atoms with Crippen LogP contribution >= 0.6 is 0 Å². The lowest BCUT2D eigenvalue weighted by Gasteiger charge is -2.13. The number of benzene rings is 2. The summed E-state index contributed by atoms with van der Waals surface area (Å²) in [7, 11) is 1.63. The molecular weight excluding hydrogens is 366 g/mol. The van der Waals surface area contributed by atoms with Crippen LogP contribution in [0.3, 0.4) is 0 Å². The first kappa shape index (κ1) is 17.9. The average Bonchev–Trinajstić information content (AvgIpc) is 3.37. The minimum atomic E-state index is -0.118. The second kappa shape index (κ2) is 7.37. The number of rotatable bonds is 5. The molecule has 6 nitrogen and oxygen atoms in total. The van der Waals surface area contributed by atoms with E-state index in [1.165, 1.54) is 12.8 Å². The van der Waals surface area contributed by atoms with Gasteiger partial charge in [0.05, 0.1) is 12.7 Å². The third kappa shape index (κ3) is 3.09. The molecule has 3 aromatic rings. The van der Waals surface area contributed by atoms with Crippen molar-refractivity contribution in [3.63, 3.8) is 0 Å². The lowest BCUT2D eigenvalue weighted by atomic mass is 10.0. The molecular formula is C23H23N3O3. The smallest absolute Gasteiger partial charge is 0.257 e. The number of likely N-dealkylation sites (tertiary alicyclic amines) is 1. The van der Waals surface area contributed by atoms with Crippen LogP contribution in [0.5, 0.6) is 5.75 Å². The Morgan fingerprint density at radius 1 is 1.07 bits per heavy atom. The van der Waals surface area contributed by atoms with Crippen LogP contribution in [0.2, 0.25) is 0 Å². The van der Waals surface area contributed by atoms with Crippen LogP contribution in [-0.4, -0.2) is 48.9 Å². The van der Waals surface area contributed by atoms with E-state index in [0.29, 0.717) is 17.9 Å². The van der Waals surface area contributed by atoms with E-state index in [2.05, 4.69) is 15.0 Å². The van der Waals surface area contributed by atoms with Crippen molar-refractivity contribution in [3.05, 3.63) is 63.9 Å². The van der Waals surface area contributed by atoms with Crippen molar-refractivity contribution in [2.75, 3.05) is 33.4 Å². The van der Waals surface area contributed by atoms with Crippen LogP contribution in [0, 0.1) is 0 Å². The number of ether oxygens (including phenoxy) is 1. The summed E-state index contributed by atoms with van der Waals surface area (Å²) in [5, 5.41) is 5.47. The van der Waals surface area contributed by atoms with Gasteiger partial charge in [-0.1, -0.05) is 23.4 Å². The Kier molecular flexibility index (Phi) is 4.56. The molecule has 0 atom stereocenters. The van der Waals surface area contributed by atoms with Crippen molar-refractivity contribution in [2.24, 2.45) is 5.16 Å². The highest BCUT2D eigenvalue weighted by atomic mass is 16.6. The van der Waals surface area contributed by atoms with E-state index in [0.717, 1.165) is 53.0 Å². The predicted octanol–water partition coefficient (Wildman–Crippen LogP) is 3.38. The minimum Gasteiger partial charge on any atom is -0.497 e. The van der Waals surface area contributed by atoms with Gasteiger partial charge in [-0.2, -0.15) is 0 Å². The maximum absolute atomic E-state index is 12.9. The third-order valence-corrected chi connectivity index (χ3v) is 5.76. The number of fused-ring (bicyclic) bond motifs is 5. The summed E-state index contributed by atoms with van der Waals surface area (Å²) in [6.45, 7) is 3.65. The van der Waals surface area contributed by atoms with E-state index >= 15 is 0 Å². The normalized spacial score (nSPS) is 16.9. The van der Waals surface area contributed by atoms with Crippen LogP contribution < -0.4 is 10.3 Å². The van der Waals surface area contributed by atoms with Crippen molar-refractivity contribution < 1.29 is 9.57 Å². The summed E-state index contributed by atoms with van der Waals surface area (Å²) in [6, 6.07) is 13.5. The number of nitrogens with zero attached hydrogens (tertiary/aromatic N) is 2. The summed E-state index contributed by atoms with van der Waals surface area (Å²) in [4.78, 5) is 24.0. The highest BCUT2D eigenvalue weighted by Gasteiger charge is 2.31. The topological polar surface area (TPSA) is 66.9 Å². The van der Waals surface area contributed by atoms with Crippen LogP contribution in [-0.2, 0) is 4.84 Å². The zero-order chi connectivity index (χ0) is 19.8. The van der Waals surface area contributed by atoms with E-state index < -0.39 is 0 Å². The number of aromatic amines is 1. The Morgan fingerprint density at radius 2 is 1.90 bits per heavy atom. The fourth-order valence-corrected chi connectivity index (χ4v) is 4.33. The van der Waals surface area contributed by atoms with E-state index in [1.54, 1.807) is 7.11 Å². The van der Waals surface area contributed by atoms with Crippen molar-refractivity contribution in [3.8, 4) is 16.9 Å². The molecule has 5 rings (SSSR count). The van der Waals surface area contributed by atoms with Gasteiger partial charge in [0.25, 0.3) is 5.56 Å². The van der Waals surface area contributed by atoms with Crippen LogP contribution in [0.25, 0.3) is 22.0 Å². The first-order chi connectivity index (χ1) is 14.3. The first-order valence-corrected chi connectivity index (χ1v) is 10.0. The molecule has 29 heavy (non-hydrogen) atoms. The molecule has 0 bridgehead atoms. The number of pyridine rings is 1. The molecule has 148 valence electrons. The monoisotopic (exact) mass is 389 g/mol. The number of nitrogens with one attached hydrogen (secondary N) is 1. The zero-order valence-electron chi connectivity index (χ0n) is 16.4. The number of hydrogen-bond donors (Lipinski definition) is 1. The summed E-state index contributed by atoms with van der Waals surface area (Å²) < 4.78 is 5.41. The maximum atomic E-state index is 12.9. The zero-order valence-corrected chi connectivity index (χ0v) is 16.4. The SMILES string of the molecule is COc1ccc2c(c1)/C(=N\OCCN1CCCC1)c1c-2c(=O)[nH]c2ccccc12. The number of oxime groups is 1. The van der Waals surface area contributed by atoms with Gasteiger partial charge in [-0.3, -0.25) is 9.69 Å². The molecule has 2 aromatic carbocycles. The van der Waals surface area contributed by atoms with Gasteiger partial charge in [0.2, 0.25) is 0 Å². The standard InChI is InChI=1S/C23H23N3O3/c1-28-15-8-9-16-18(14-15)22(25-29-13-12-26-10-4-5-11-26)20-17-6-2-3-7-19(17)24-23(27)21(16)20/h2-3,6-9,14H,4-5,10-13H2,1H3,(H,24,27)/b25-22+. The highest BCUT2D eigenvalue weighted by Crippen LogP contribution is 2.39. The van der Waals surface area contributed by atoms with E-state index in [1.807, 2.05) is 42.5 Å². The molecule has 1 fully saturated rings. The van der Waals surface area contributed by atoms with Crippen LogP contribution in [0.4, 0.5) is 0 Å². The Hall–Kier alpha value is -3.12. The lowest BCUT2D eigenvalue weighted by molar-refractivity contribution is 0.119. The number of methoxy groups -OCH3 is 1. The Labute approximate surface area is 168 Å². The van der Waals surface area contributed by atoms with Gasteiger partial charge in [-0.15, -0.1) is 0 Å². The molecule has 1 aromatic heterocycles. The number of para-hydroxylation sites is 1. The van der Waals surface area contributed by atoms with Crippen molar-refractivity contribution in [2.45, 2.75) is 12.8 Å². The Balaban J connectivity index is 1.60. The Bertz CT molecular complexity index is 1160. The predicted molar refractivity (Wildman–Crippen MR) is 114 cm³/mol. The molecule has 1 aliphatic heterocycles. The summed E-state index contributed by atoms with van der Waals surface area (Å²) in [6.07, 6.45) is 2.51. The fourth-order valence-electron chi connectivity index (χ4n) is 4.33. The molecule has 6 heteroatoms. The summed E-state index contributed by atoms with van der Waals surface area (Å²) in [5.74, 6) is 0.724. The van der Waals surface area contributed by atoms with E-state index in [9.17, 15) is 4.79 Å². The van der Waals surface area contributed by atoms with Crippen LogP contribution in [0.1, 0.15) is 24.0 Å². The van der Waals surface area contributed by atoms with Gasteiger partial charge in [-0.05, 0) is 55.8 Å². The fraction of sp³-hybridized carbons (Fsp3) is 0.304. The van der Waals surface area contributed by atoms with Crippen molar-refractivity contribution >= 4 is 16.6 Å². The van der Waals surface area contributed by atoms with E-state index in [-0.39, 0.29) is 5.56 Å². The molecule has 0 unspecified atom stereocenters. The van der Waals surface area contributed by atoms with Crippen molar-refractivity contribution in [1.82, 2.24) is 9.88 Å². The van der Waals surface area contributed by atoms with Gasteiger partial charge in [0, 0.05) is 28.6 Å². The molecule has 0 spiro atoms. The third-order valence-electron chi connectivity index (χ3n) is 5.76. The lowest BCUT2D eigenvalue weighted by Crippen LogP contribution is -2.23. The number of aromatic nitrogens is 1.